The van der Waals surface area contributed by atoms with E-state index in [1.165, 1.54) is 6.08 Å². The molecule has 0 fully saturated rings. The van der Waals surface area contributed by atoms with Crippen LogP contribution in [0.25, 0.3) is 0 Å². The first-order valence-corrected chi connectivity index (χ1v) is 6.47. The normalized spacial score (nSPS) is 10.9. The molecule has 0 bridgehead atoms. The summed E-state index contributed by atoms with van der Waals surface area (Å²) in [4.78, 5) is 22.7. The lowest BCUT2D eigenvalue weighted by molar-refractivity contribution is -0.143. The first-order chi connectivity index (χ1) is 9.63. The predicted octanol–water partition coefficient (Wildman–Crippen LogP) is 2.63. The quantitative estimate of drug-likeness (QED) is 0.498. The number of allylic oxidation sites excluding steroid dienone is 3. The molecule has 0 atom stereocenters. The zero-order valence-electron chi connectivity index (χ0n) is 11.1. The van der Waals surface area contributed by atoms with Gasteiger partial charge in [0.2, 0.25) is 0 Å². The van der Waals surface area contributed by atoms with Crippen LogP contribution in [0.15, 0.2) is 48.6 Å². The van der Waals surface area contributed by atoms with Gasteiger partial charge in [0.25, 0.3) is 5.91 Å². The van der Waals surface area contributed by atoms with Crippen LogP contribution >= 0.6 is 11.6 Å². The van der Waals surface area contributed by atoms with Crippen molar-refractivity contribution in [2.45, 2.75) is 13.5 Å². The molecular weight excluding hydrogens is 278 g/mol. The van der Waals surface area contributed by atoms with Gasteiger partial charge in [-0.1, -0.05) is 48.0 Å². The largest absolute Gasteiger partial charge is 0.452 e. The minimum Gasteiger partial charge on any atom is -0.452 e. The third kappa shape index (κ3) is 6.20. The summed E-state index contributed by atoms with van der Waals surface area (Å²) in [5.74, 6) is -0.936. The van der Waals surface area contributed by atoms with E-state index in [0.29, 0.717) is 11.6 Å². The van der Waals surface area contributed by atoms with Crippen LogP contribution in [0.2, 0.25) is 5.02 Å². The number of carbonyl (C=O) groups excluding carboxylic acids is 2. The molecule has 0 aliphatic rings. The summed E-state index contributed by atoms with van der Waals surface area (Å²) >= 11 is 5.95. The molecular formula is C15H16ClNO3. The van der Waals surface area contributed by atoms with Crippen molar-refractivity contribution in [3.8, 4) is 0 Å². The summed E-state index contributed by atoms with van der Waals surface area (Å²) in [6.07, 6.45) is 6.27. The first-order valence-electron chi connectivity index (χ1n) is 6.09. The minimum atomic E-state index is -0.559. The molecule has 1 aromatic carbocycles. The van der Waals surface area contributed by atoms with E-state index < -0.39 is 5.97 Å². The summed E-state index contributed by atoms with van der Waals surface area (Å²) in [6.45, 7) is 1.81. The summed E-state index contributed by atoms with van der Waals surface area (Å²) in [7, 11) is 0. The maximum Gasteiger partial charge on any atom is 0.331 e. The number of benzene rings is 1. The molecule has 0 heterocycles. The van der Waals surface area contributed by atoms with Gasteiger partial charge in [-0.05, 0) is 18.6 Å². The Kier molecular flexibility index (Phi) is 7.14. The van der Waals surface area contributed by atoms with E-state index in [4.69, 9.17) is 16.3 Å². The van der Waals surface area contributed by atoms with Crippen LogP contribution in [-0.2, 0) is 20.9 Å². The SMILES string of the molecule is C/C=C/C=C/C(=O)OCC(=O)NCc1ccccc1Cl. The number of halogens is 1. The molecule has 106 valence electrons. The highest BCUT2D eigenvalue weighted by Gasteiger charge is 2.05. The number of hydrogen-bond acceptors (Lipinski definition) is 3. The van der Waals surface area contributed by atoms with Gasteiger partial charge in [-0.15, -0.1) is 0 Å². The fourth-order valence-electron chi connectivity index (χ4n) is 1.32. The van der Waals surface area contributed by atoms with Gasteiger partial charge in [0.1, 0.15) is 0 Å². The van der Waals surface area contributed by atoms with E-state index in [0.717, 1.165) is 5.56 Å². The van der Waals surface area contributed by atoms with Crippen LogP contribution in [0, 0.1) is 0 Å². The predicted molar refractivity (Wildman–Crippen MR) is 78.2 cm³/mol. The highest BCUT2D eigenvalue weighted by molar-refractivity contribution is 6.31. The Labute approximate surface area is 123 Å². The zero-order chi connectivity index (χ0) is 14.8. The van der Waals surface area contributed by atoms with Gasteiger partial charge < -0.3 is 10.1 Å². The van der Waals surface area contributed by atoms with E-state index in [2.05, 4.69) is 5.32 Å². The molecule has 0 aliphatic heterocycles. The van der Waals surface area contributed by atoms with Crippen LogP contribution in [-0.4, -0.2) is 18.5 Å². The maximum absolute atomic E-state index is 11.5. The summed E-state index contributed by atoms with van der Waals surface area (Å²) in [6, 6.07) is 7.20. The fourth-order valence-corrected chi connectivity index (χ4v) is 1.52. The Morgan fingerprint density at radius 3 is 2.75 bits per heavy atom. The average Bonchev–Trinajstić information content (AvgIpc) is 2.44. The fraction of sp³-hybridized carbons (Fsp3) is 0.200. The second kappa shape index (κ2) is 8.93. The van der Waals surface area contributed by atoms with Crippen LogP contribution in [0.5, 0.6) is 0 Å². The highest BCUT2D eigenvalue weighted by atomic mass is 35.5. The lowest BCUT2D eigenvalue weighted by Gasteiger charge is -2.06. The Hall–Kier alpha value is -2.07. The summed E-state index contributed by atoms with van der Waals surface area (Å²) < 4.78 is 4.76. The molecule has 1 N–H and O–H groups in total. The van der Waals surface area contributed by atoms with Gasteiger partial charge in [-0.25, -0.2) is 4.79 Å². The van der Waals surface area contributed by atoms with Gasteiger partial charge in [-0.2, -0.15) is 0 Å². The zero-order valence-corrected chi connectivity index (χ0v) is 11.9. The van der Waals surface area contributed by atoms with Crippen LogP contribution in [0.1, 0.15) is 12.5 Å². The van der Waals surface area contributed by atoms with Gasteiger partial charge in [0.15, 0.2) is 6.61 Å². The molecule has 5 heteroatoms. The van der Waals surface area contributed by atoms with Crippen LogP contribution < -0.4 is 5.32 Å². The molecule has 0 aromatic heterocycles. The minimum absolute atomic E-state index is 0.296. The van der Waals surface area contributed by atoms with Crippen molar-refractivity contribution in [1.82, 2.24) is 5.32 Å². The Bertz CT molecular complexity index is 524. The van der Waals surface area contributed by atoms with Crippen molar-refractivity contribution in [1.29, 1.82) is 0 Å². The van der Waals surface area contributed by atoms with Crippen molar-refractivity contribution < 1.29 is 14.3 Å². The number of hydrogen-bond donors (Lipinski definition) is 1. The van der Waals surface area contributed by atoms with Crippen molar-refractivity contribution >= 4 is 23.5 Å². The monoisotopic (exact) mass is 293 g/mol. The van der Waals surface area contributed by atoms with Gasteiger partial charge in [0, 0.05) is 17.6 Å². The number of esters is 1. The number of amides is 1. The first kappa shape index (κ1) is 16.0. The van der Waals surface area contributed by atoms with E-state index in [-0.39, 0.29) is 12.5 Å². The number of ether oxygens (including phenoxy) is 1. The van der Waals surface area contributed by atoms with Gasteiger partial charge in [0.05, 0.1) is 0 Å². The molecule has 0 aliphatic carbocycles. The van der Waals surface area contributed by atoms with Crippen molar-refractivity contribution in [2.24, 2.45) is 0 Å². The molecule has 1 aromatic rings. The Morgan fingerprint density at radius 1 is 1.30 bits per heavy atom. The lowest BCUT2D eigenvalue weighted by Crippen LogP contribution is -2.28. The van der Waals surface area contributed by atoms with Crippen molar-refractivity contribution in [3.63, 3.8) is 0 Å². The van der Waals surface area contributed by atoms with E-state index >= 15 is 0 Å². The van der Waals surface area contributed by atoms with E-state index in [9.17, 15) is 9.59 Å². The van der Waals surface area contributed by atoms with Crippen molar-refractivity contribution in [3.05, 3.63) is 59.2 Å². The topological polar surface area (TPSA) is 55.4 Å². The molecule has 1 amide bonds. The third-order valence-corrected chi connectivity index (χ3v) is 2.68. The second-order valence-electron chi connectivity index (χ2n) is 3.86. The van der Waals surface area contributed by atoms with E-state index in [1.54, 1.807) is 24.3 Å². The third-order valence-electron chi connectivity index (χ3n) is 2.32. The molecule has 0 spiro atoms. The Morgan fingerprint density at radius 2 is 2.05 bits per heavy atom. The number of nitrogens with one attached hydrogen (secondary N) is 1. The molecule has 0 radical (unpaired) electrons. The standard InChI is InChI=1S/C15H16ClNO3/c1-2-3-4-9-15(19)20-11-14(18)17-10-12-7-5-6-8-13(12)16/h2-9H,10-11H2,1H3,(H,17,18)/b3-2+,9-4+. The summed E-state index contributed by atoms with van der Waals surface area (Å²) in [5, 5.41) is 3.21. The van der Waals surface area contributed by atoms with E-state index in [1.807, 2.05) is 25.1 Å². The molecule has 0 unspecified atom stereocenters. The average molecular weight is 294 g/mol. The number of carbonyl (C=O) groups is 2. The molecule has 20 heavy (non-hydrogen) atoms. The molecule has 4 nitrogen and oxygen atoms in total. The molecule has 1 rings (SSSR count). The highest BCUT2D eigenvalue weighted by Crippen LogP contribution is 2.14. The maximum atomic E-state index is 11.5. The Balaban J connectivity index is 2.31. The van der Waals surface area contributed by atoms with Gasteiger partial charge in [-0.3, -0.25) is 4.79 Å². The lowest BCUT2D eigenvalue weighted by atomic mass is 10.2. The summed E-state index contributed by atoms with van der Waals surface area (Å²) in [5.41, 5.74) is 0.807. The van der Waals surface area contributed by atoms with Crippen molar-refractivity contribution in [2.75, 3.05) is 6.61 Å². The number of rotatable bonds is 6. The molecule has 0 saturated heterocycles. The van der Waals surface area contributed by atoms with Gasteiger partial charge >= 0.3 is 5.97 Å². The molecule has 0 saturated carbocycles. The van der Waals surface area contributed by atoms with Crippen LogP contribution in [0.3, 0.4) is 0 Å². The van der Waals surface area contributed by atoms with Crippen LogP contribution in [0.4, 0.5) is 0 Å². The smallest absolute Gasteiger partial charge is 0.331 e. The second-order valence-corrected chi connectivity index (χ2v) is 4.27.